The van der Waals surface area contributed by atoms with Crippen LogP contribution >= 0.6 is 0 Å². The van der Waals surface area contributed by atoms with Crippen LogP contribution in [0.15, 0.2) is 6.07 Å². The van der Waals surface area contributed by atoms with Gasteiger partial charge in [0.05, 0.1) is 11.7 Å². The zero-order valence-corrected chi connectivity index (χ0v) is 17.4. The van der Waals surface area contributed by atoms with Gasteiger partial charge in [-0.15, -0.1) is 0 Å². The number of H-pyrrole nitrogens is 1. The van der Waals surface area contributed by atoms with Crippen molar-refractivity contribution in [2.75, 3.05) is 30.8 Å². The molecule has 28 heavy (non-hydrogen) atoms. The molecule has 9 heteroatoms. The molecule has 0 aliphatic carbocycles. The normalized spacial score (nSPS) is 14.7. The molecule has 2 aromatic rings. The Morgan fingerprint density at radius 3 is 2.64 bits per heavy atom. The summed E-state index contributed by atoms with van der Waals surface area (Å²) in [5, 5.41) is 7.43. The Morgan fingerprint density at radius 1 is 1.39 bits per heavy atom. The van der Waals surface area contributed by atoms with E-state index in [-0.39, 0.29) is 18.1 Å². The predicted molar refractivity (Wildman–Crippen MR) is 108 cm³/mol. The number of ether oxygens (including phenoxy) is 1. The molecule has 0 radical (unpaired) electrons. The van der Waals surface area contributed by atoms with Gasteiger partial charge in [-0.2, -0.15) is 10.1 Å². The van der Waals surface area contributed by atoms with Crippen LogP contribution in [0.2, 0.25) is 0 Å². The van der Waals surface area contributed by atoms with Crippen LogP contribution in [0, 0.1) is 6.92 Å². The number of nitrogen functional groups attached to an aromatic ring is 1. The van der Waals surface area contributed by atoms with Crippen molar-refractivity contribution in [2.24, 2.45) is 0 Å². The fourth-order valence-corrected chi connectivity index (χ4v) is 3.13. The predicted octanol–water partition coefficient (Wildman–Crippen LogP) is 2.38. The summed E-state index contributed by atoms with van der Waals surface area (Å²) in [4.78, 5) is 24.6. The van der Waals surface area contributed by atoms with Crippen LogP contribution in [0.1, 0.15) is 39.0 Å². The van der Waals surface area contributed by atoms with Gasteiger partial charge in [0.2, 0.25) is 5.95 Å². The maximum atomic E-state index is 12.2. The first-order valence-corrected chi connectivity index (χ1v) is 9.48. The Labute approximate surface area is 165 Å². The minimum Gasteiger partial charge on any atom is -0.444 e. The molecular formula is C19H29N7O2. The summed E-state index contributed by atoms with van der Waals surface area (Å²) in [6, 6.07) is 1.95. The third-order valence-electron chi connectivity index (χ3n) is 4.85. The molecule has 0 aromatic carbocycles. The largest absolute Gasteiger partial charge is 0.444 e. The van der Waals surface area contributed by atoms with Crippen molar-refractivity contribution in [3.05, 3.63) is 17.3 Å². The number of nitrogens with one attached hydrogen (secondary N) is 1. The molecule has 1 amide bonds. The van der Waals surface area contributed by atoms with Gasteiger partial charge in [0, 0.05) is 31.9 Å². The molecule has 1 fully saturated rings. The summed E-state index contributed by atoms with van der Waals surface area (Å²) >= 11 is 0. The lowest BCUT2D eigenvalue weighted by molar-refractivity contribution is 0.0196. The molecule has 1 aliphatic heterocycles. The quantitative estimate of drug-likeness (QED) is 0.828. The average molecular weight is 387 g/mol. The Kier molecular flexibility index (Phi) is 5.18. The molecule has 0 spiro atoms. The SMILES string of the molecule is CCc1[nH]nc(-c2cc(N3CC(N(C)C(=O)OC(C)(C)C)C3)nc(N)n2)c1C. The highest BCUT2D eigenvalue weighted by Crippen LogP contribution is 2.28. The molecular weight excluding hydrogens is 358 g/mol. The van der Waals surface area contributed by atoms with E-state index in [0.29, 0.717) is 18.8 Å². The Bertz CT molecular complexity index is 866. The van der Waals surface area contributed by atoms with Crippen LogP contribution in [-0.2, 0) is 11.2 Å². The van der Waals surface area contributed by atoms with Crippen LogP contribution in [0.5, 0.6) is 0 Å². The summed E-state index contributed by atoms with van der Waals surface area (Å²) < 4.78 is 5.43. The molecule has 3 N–H and O–H groups in total. The van der Waals surface area contributed by atoms with E-state index in [9.17, 15) is 4.79 Å². The first kappa shape index (κ1) is 19.9. The monoisotopic (exact) mass is 387 g/mol. The summed E-state index contributed by atoms with van der Waals surface area (Å²) in [6.07, 6.45) is 0.552. The highest BCUT2D eigenvalue weighted by Gasteiger charge is 2.35. The third kappa shape index (κ3) is 4.02. The van der Waals surface area contributed by atoms with E-state index in [0.717, 1.165) is 29.2 Å². The second-order valence-corrected chi connectivity index (χ2v) is 8.15. The van der Waals surface area contributed by atoms with Crippen molar-refractivity contribution in [1.82, 2.24) is 25.1 Å². The highest BCUT2D eigenvalue weighted by atomic mass is 16.6. The summed E-state index contributed by atoms with van der Waals surface area (Å²) in [5.41, 5.74) is 9.06. The van der Waals surface area contributed by atoms with E-state index >= 15 is 0 Å². The molecule has 0 unspecified atom stereocenters. The van der Waals surface area contributed by atoms with Crippen LogP contribution in [0.4, 0.5) is 16.6 Å². The first-order chi connectivity index (χ1) is 13.1. The van der Waals surface area contributed by atoms with Gasteiger partial charge in [-0.3, -0.25) is 5.10 Å². The lowest BCUT2D eigenvalue weighted by Gasteiger charge is -2.44. The number of carbonyl (C=O) groups is 1. The smallest absolute Gasteiger partial charge is 0.410 e. The molecule has 3 rings (SSSR count). The molecule has 0 atom stereocenters. The molecule has 0 saturated carbocycles. The van der Waals surface area contributed by atoms with E-state index < -0.39 is 5.60 Å². The van der Waals surface area contributed by atoms with Crippen molar-refractivity contribution in [1.29, 1.82) is 0 Å². The standard InChI is InChI=1S/C19H29N7O2/c1-7-13-11(2)16(24-23-13)14-8-15(22-17(20)21-14)26-9-12(10-26)25(6)18(27)28-19(3,4)5/h8,12H,7,9-10H2,1-6H3,(H,23,24)(H2,20,21,22). The fraction of sp³-hybridized carbons (Fsp3) is 0.579. The number of anilines is 2. The van der Waals surface area contributed by atoms with E-state index in [1.807, 2.05) is 33.8 Å². The van der Waals surface area contributed by atoms with Crippen LogP contribution < -0.4 is 10.6 Å². The van der Waals surface area contributed by atoms with Crippen LogP contribution in [0.3, 0.4) is 0 Å². The number of rotatable bonds is 4. The average Bonchev–Trinajstić information content (AvgIpc) is 2.92. The van der Waals surface area contributed by atoms with Gasteiger partial charge < -0.3 is 20.3 Å². The van der Waals surface area contributed by atoms with E-state index in [1.54, 1.807) is 11.9 Å². The number of hydrogen-bond acceptors (Lipinski definition) is 7. The van der Waals surface area contributed by atoms with E-state index in [1.165, 1.54) is 0 Å². The maximum Gasteiger partial charge on any atom is 0.410 e. The van der Waals surface area contributed by atoms with Crippen molar-refractivity contribution in [3.63, 3.8) is 0 Å². The van der Waals surface area contributed by atoms with Gasteiger partial charge in [0.25, 0.3) is 0 Å². The number of hydrogen-bond donors (Lipinski definition) is 2. The van der Waals surface area contributed by atoms with Gasteiger partial charge in [0.1, 0.15) is 17.1 Å². The molecule has 152 valence electrons. The summed E-state index contributed by atoms with van der Waals surface area (Å²) in [6.45, 7) is 11.0. The second-order valence-electron chi connectivity index (χ2n) is 8.15. The lowest BCUT2D eigenvalue weighted by atomic mass is 10.1. The number of amides is 1. The number of nitrogens with zero attached hydrogens (tertiary/aromatic N) is 5. The van der Waals surface area contributed by atoms with E-state index in [2.05, 4.69) is 32.0 Å². The number of likely N-dealkylation sites (N-methyl/N-ethyl adjacent to an activating group) is 1. The van der Waals surface area contributed by atoms with Crippen LogP contribution in [-0.4, -0.2) is 62.9 Å². The van der Waals surface area contributed by atoms with Crippen molar-refractivity contribution < 1.29 is 9.53 Å². The Balaban J connectivity index is 1.72. The highest BCUT2D eigenvalue weighted by molar-refractivity contribution is 5.69. The van der Waals surface area contributed by atoms with Crippen LogP contribution in [0.25, 0.3) is 11.4 Å². The Morgan fingerprint density at radius 2 is 2.07 bits per heavy atom. The van der Waals surface area contributed by atoms with Gasteiger partial charge in [-0.05, 0) is 39.7 Å². The first-order valence-electron chi connectivity index (χ1n) is 9.48. The molecule has 9 nitrogen and oxygen atoms in total. The summed E-state index contributed by atoms with van der Waals surface area (Å²) in [5.74, 6) is 0.939. The molecule has 3 heterocycles. The van der Waals surface area contributed by atoms with E-state index in [4.69, 9.17) is 10.5 Å². The zero-order chi connectivity index (χ0) is 20.6. The lowest BCUT2D eigenvalue weighted by Crippen LogP contribution is -2.60. The molecule has 1 aliphatic rings. The van der Waals surface area contributed by atoms with Gasteiger partial charge in [-0.1, -0.05) is 6.92 Å². The number of aryl methyl sites for hydroxylation is 1. The van der Waals surface area contributed by atoms with Gasteiger partial charge in [0.15, 0.2) is 0 Å². The fourth-order valence-electron chi connectivity index (χ4n) is 3.13. The number of aromatic amines is 1. The molecule has 0 bridgehead atoms. The third-order valence-corrected chi connectivity index (χ3v) is 4.85. The summed E-state index contributed by atoms with van der Waals surface area (Å²) in [7, 11) is 1.76. The minimum atomic E-state index is -0.510. The maximum absolute atomic E-state index is 12.2. The molecule has 2 aromatic heterocycles. The minimum absolute atomic E-state index is 0.0632. The second kappa shape index (κ2) is 7.29. The van der Waals surface area contributed by atoms with Gasteiger partial charge in [-0.25, -0.2) is 9.78 Å². The number of nitrogens with two attached hydrogens (primary N) is 1. The van der Waals surface area contributed by atoms with Crippen molar-refractivity contribution >= 4 is 17.9 Å². The molecule has 1 saturated heterocycles. The van der Waals surface area contributed by atoms with Crippen molar-refractivity contribution in [2.45, 2.75) is 52.7 Å². The van der Waals surface area contributed by atoms with Gasteiger partial charge >= 0.3 is 6.09 Å². The topological polar surface area (TPSA) is 113 Å². The number of aromatic nitrogens is 4. The number of carbonyl (C=O) groups excluding carboxylic acids is 1. The zero-order valence-electron chi connectivity index (χ0n) is 17.4. The van der Waals surface area contributed by atoms with Crippen molar-refractivity contribution in [3.8, 4) is 11.4 Å². The Hall–Kier alpha value is -2.84.